The normalized spacial score (nSPS) is 14.3. The van der Waals surface area contributed by atoms with Gasteiger partial charge in [-0.2, -0.15) is 0 Å². The van der Waals surface area contributed by atoms with Crippen molar-refractivity contribution < 1.29 is 19.1 Å². The summed E-state index contributed by atoms with van der Waals surface area (Å²) in [7, 11) is 0. The molecule has 2 aromatic carbocycles. The zero-order chi connectivity index (χ0) is 19.8. The Morgan fingerprint density at radius 2 is 1.71 bits per heavy atom. The number of likely N-dealkylation sites (tertiary alicyclic amines) is 1. The van der Waals surface area contributed by atoms with E-state index in [1.807, 2.05) is 30.3 Å². The van der Waals surface area contributed by atoms with E-state index in [1.54, 1.807) is 29.2 Å². The van der Waals surface area contributed by atoms with Crippen molar-refractivity contribution in [2.45, 2.75) is 32.3 Å². The van der Waals surface area contributed by atoms with E-state index in [4.69, 9.17) is 4.74 Å². The second kappa shape index (κ2) is 9.69. The number of benzene rings is 2. The summed E-state index contributed by atoms with van der Waals surface area (Å²) < 4.78 is 5.28. The first-order valence-electron chi connectivity index (χ1n) is 9.50. The van der Waals surface area contributed by atoms with Crippen LogP contribution >= 0.6 is 0 Å². The molecule has 6 heteroatoms. The van der Waals surface area contributed by atoms with Crippen molar-refractivity contribution in [2.24, 2.45) is 0 Å². The molecule has 1 heterocycles. The number of nitrogens with zero attached hydrogens (tertiary/aromatic N) is 1. The van der Waals surface area contributed by atoms with Gasteiger partial charge >= 0.3 is 5.97 Å². The van der Waals surface area contributed by atoms with Gasteiger partial charge in [0.1, 0.15) is 13.2 Å². The Hall–Kier alpha value is -3.15. The number of rotatable bonds is 6. The quantitative estimate of drug-likeness (QED) is 0.780. The van der Waals surface area contributed by atoms with Crippen LogP contribution in [0, 0.1) is 0 Å². The fourth-order valence-corrected chi connectivity index (χ4v) is 3.05. The maximum Gasteiger partial charge on any atom is 0.325 e. The van der Waals surface area contributed by atoms with Crippen molar-refractivity contribution in [3.63, 3.8) is 0 Å². The number of anilines is 1. The van der Waals surface area contributed by atoms with Crippen LogP contribution in [0.25, 0.3) is 0 Å². The van der Waals surface area contributed by atoms with E-state index in [2.05, 4.69) is 5.32 Å². The fraction of sp³-hybridized carbons (Fsp3) is 0.318. The average molecular weight is 380 g/mol. The minimum absolute atomic E-state index is 0.00357. The Balaban J connectivity index is 1.48. The van der Waals surface area contributed by atoms with Crippen LogP contribution in [0.15, 0.2) is 54.6 Å². The van der Waals surface area contributed by atoms with Crippen molar-refractivity contribution in [2.75, 3.05) is 18.4 Å². The Labute approximate surface area is 164 Å². The zero-order valence-corrected chi connectivity index (χ0v) is 15.7. The van der Waals surface area contributed by atoms with Gasteiger partial charge in [-0.05, 0) is 42.7 Å². The van der Waals surface area contributed by atoms with Gasteiger partial charge in [-0.25, -0.2) is 0 Å². The van der Waals surface area contributed by atoms with Crippen molar-refractivity contribution in [1.82, 2.24) is 4.90 Å². The fourth-order valence-electron chi connectivity index (χ4n) is 3.05. The highest BCUT2D eigenvalue weighted by Gasteiger charge is 2.19. The summed E-state index contributed by atoms with van der Waals surface area (Å²) in [6.45, 7) is 0.719. The predicted molar refractivity (Wildman–Crippen MR) is 106 cm³/mol. The maximum absolute atomic E-state index is 12.2. The van der Waals surface area contributed by atoms with Crippen LogP contribution in [0.5, 0.6) is 0 Å². The van der Waals surface area contributed by atoms with Crippen molar-refractivity contribution in [1.29, 1.82) is 0 Å². The zero-order valence-electron chi connectivity index (χ0n) is 15.7. The smallest absolute Gasteiger partial charge is 0.325 e. The molecule has 2 amide bonds. The van der Waals surface area contributed by atoms with Gasteiger partial charge < -0.3 is 15.0 Å². The van der Waals surface area contributed by atoms with Crippen LogP contribution in [0.3, 0.4) is 0 Å². The van der Waals surface area contributed by atoms with Crippen LogP contribution < -0.4 is 5.32 Å². The molecule has 0 atom stereocenters. The summed E-state index contributed by atoms with van der Waals surface area (Å²) >= 11 is 0. The molecule has 1 saturated heterocycles. The molecular formula is C22H24N2O4. The molecular weight excluding hydrogens is 356 g/mol. The third-order valence-corrected chi connectivity index (χ3v) is 4.64. The van der Waals surface area contributed by atoms with Crippen molar-refractivity contribution >= 4 is 23.5 Å². The van der Waals surface area contributed by atoms with Gasteiger partial charge in [-0.1, -0.05) is 36.8 Å². The molecule has 1 N–H and O–H groups in total. The summed E-state index contributed by atoms with van der Waals surface area (Å²) in [5.74, 6) is -0.598. The lowest BCUT2D eigenvalue weighted by Crippen LogP contribution is -2.35. The number of carbonyl (C=O) groups excluding carboxylic acids is 3. The van der Waals surface area contributed by atoms with E-state index in [9.17, 15) is 14.4 Å². The SMILES string of the molecule is O=C(CN1CCCCCC1=O)OCc1ccc(C(=O)Nc2ccccc2)cc1. The summed E-state index contributed by atoms with van der Waals surface area (Å²) in [5, 5.41) is 2.82. The molecule has 0 spiro atoms. The van der Waals surface area contributed by atoms with Crippen LogP contribution in [-0.2, 0) is 20.9 Å². The molecule has 146 valence electrons. The standard InChI is InChI=1S/C22H24N2O4/c25-20-9-5-2-6-14-24(20)15-21(26)28-16-17-10-12-18(13-11-17)22(27)23-19-7-3-1-4-8-19/h1,3-4,7-8,10-13H,2,5-6,9,14-16H2,(H,23,27). The molecule has 0 radical (unpaired) electrons. The number of ether oxygens (including phenoxy) is 1. The van der Waals surface area contributed by atoms with Gasteiger partial charge in [0.15, 0.2) is 0 Å². The molecule has 1 aliphatic rings. The van der Waals surface area contributed by atoms with Gasteiger partial charge in [0.25, 0.3) is 5.91 Å². The first kappa shape index (κ1) is 19.6. The molecule has 3 rings (SSSR count). The number of para-hydroxylation sites is 1. The first-order chi connectivity index (χ1) is 13.6. The third-order valence-electron chi connectivity index (χ3n) is 4.64. The Morgan fingerprint density at radius 1 is 0.964 bits per heavy atom. The van der Waals surface area contributed by atoms with E-state index >= 15 is 0 Å². The number of nitrogens with one attached hydrogen (secondary N) is 1. The van der Waals surface area contributed by atoms with Crippen LogP contribution in [-0.4, -0.2) is 35.8 Å². The highest BCUT2D eigenvalue weighted by atomic mass is 16.5. The number of amides is 2. The number of hydrogen-bond acceptors (Lipinski definition) is 4. The molecule has 1 fully saturated rings. The van der Waals surface area contributed by atoms with E-state index in [-0.39, 0.29) is 25.0 Å². The second-order valence-electron chi connectivity index (χ2n) is 6.80. The molecule has 0 aliphatic carbocycles. The van der Waals surface area contributed by atoms with E-state index in [0.29, 0.717) is 18.5 Å². The van der Waals surface area contributed by atoms with Crippen LogP contribution in [0.1, 0.15) is 41.6 Å². The summed E-state index contributed by atoms with van der Waals surface area (Å²) in [6.07, 6.45) is 3.32. The molecule has 0 saturated carbocycles. The Kier molecular flexibility index (Phi) is 6.78. The lowest BCUT2D eigenvalue weighted by atomic mass is 10.1. The largest absolute Gasteiger partial charge is 0.459 e. The highest BCUT2D eigenvalue weighted by molar-refractivity contribution is 6.04. The van der Waals surface area contributed by atoms with Gasteiger partial charge in [-0.15, -0.1) is 0 Å². The molecule has 0 bridgehead atoms. The molecule has 2 aromatic rings. The predicted octanol–water partition coefficient (Wildman–Crippen LogP) is 3.38. The summed E-state index contributed by atoms with van der Waals surface area (Å²) in [6, 6.07) is 16.1. The molecule has 0 unspecified atom stereocenters. The van der Waals surface area contributed by atoms with Crippen LogP contribution in [0.4, 0.5) is 5.69 Å². The number of hydrogen-bond donors (Lipinski definition) is 1. The molecule has 0 aromatic heterocycles. The minimum atomic E-state index is -0.416. The lowest BCUT2D eigenvalue weighted by Gasteiger charge is -2.19. The minimum Gasteiger partial charge on any atom is -0.459 e. The number of carbonyl (C=O) groups is 3. The van der Waals surface area contributed by atoms with E-state index in [0.717, 1.165) is 30.5 Å². The Morgan fingerprint density at radius 3 is 2.46 bits per heavy atom. The van der Waals surface area contributed by atoms with E-state index in [1.165, 1.54) is 0 Å². The monoisotopic (exact) mass is 380 g/mol. The number of esters is 1. The van der Waals surface area contributed by atoms with Gasteiger partial charge in [0, 0.05) is 24.2 Å². The summed E-state index contributed by atoms with van der Waals surface area (Å²) in [5.41, 5.74) is 2.04. The van der Waals surface area contributed by atoms with Crippen molar-refractivity contribution in [3.05, 3.63) is 65.7 Å². The summed E-state index contributed by atoms with van der Waals surface area (Å²) in [4.78, 5) is 37.8. The van der Waals surface area contributed by atoms with Crippen molar-refractivity contribution in [3.8, 4) is 0 Å². The van der Waals surface area contributed by atoms with Gasteiger partial charge in [0.05, 0.1) is 0 Å². The van der Waals surface area contributed by atoms with Gasteiger partial charge in [-0.3, -0.25) is 14.4 Å². The van der Waals surface area contributed by atoms with Crippen LogP contribution in [0.2, 0.25) is 0 Å². The third kappa shape index (κ3) is 5.67. The maximum atomic E-state index is 12.2. The topological polar surface area (TPSA) is 75.7 Å². The lowest BCUT2D eigenvalue weighted by molar-refractivity contribution is -0.150. The molecule has 28 heavy (non-hydrogen) atoms. The van der Waals surface area contributed by atoms with E-state index < -0.39 is 5.97 Å². The average Bonchev–Trinajstić information content (AvgIpc) is 2.92. The molecule has 6 nitrogen and oxygen atoms in total. The second-order valence-corrected chi connectivity index (χ2v) is 6.80. The Bertz CT molecular complexity index is 818. The first-order valence-corrected chi connectivity index (χ1v) is 9.50. The highest BCUT2D eigenvalue weighted by Crippen LogP contribution is 2.12. The van der Waals surface area contributed by atoms with Gasteiger partial charge in [0.2, 0.25) is 5.91 Å². The molecule has 1 aliphatic heterocycles.